The van der Waals surface area contributed by atoms with E-state index in [0.29, 0.717) is 13.0 Å². The van der Waals surface area contributed by atoms with Crippen LogP contribution in [0.1, 0.15) is 55.2 Å². The lowest BCUT2D eigenvalue weighted by Gasteiger charge is -2.24. The van der Waals surface area contributed by atoms with Crippen molar-refractivity contribution in [2.45, 2.75) is 57.2 Å². The quantitative estimate of drug-likeness (QED) is 0.252. The maximum atomic E-state index is 12.9. The first kappa shape index (κ1) is 29.8. The van der Waals surface area contributed by atoms with Crippen LogP contribution in [0.25, 0.3) is 11.1 Å². The topological polar surface area (TPSA) is 108 Å². The van der Waals surface area contributed by atoms with Crippen molar-refractivity contribution in [1.29, 1.82) is 0 Å². The molecule has 0 radical (unpaired) electrons. The Kier molecular flexibility index (Phi) is 10.5. The van der Waals surface area contributed by atoms with Crippen LogP contribution in [0.4, 0.5) is 4.79 Å². The van der Waals surface area contributed by atoms with Crippen LogP contribution in [0.15, 0.2) is 78.9 Å². The van der Waals surface area contributed by atoms with E-state index >= 15 is 0 Å². The van der Waals surface area contributed by atoms with Crippen LogP contribution in [0, 0.1) is 0 Å². The number of fused-ring (bicyclic) bond motifs is 3. The van der Waals surface area contributed by atoms with Gasteiger partial charge in [-0.3, -0.25) is 9.69 Å². The molecule has 8 heteroatoms. The third-order valence-electron chi connectivity index (χ3n) is 7.43. The molecule has 2 atom stereocenters. The van der Waals surface area contributed by atoms with Gasteiger partial charge in [-0.2, -0.15) is 0 Å². The number of benzene rings is 3. The zero-order chi connectivity index (χ0) is 29.2. The Morgan fingerprint density at radius 3 is 2.12 bits per heavy atom. The van der Waals surface area contributed by atoms with Crippen LogP contribution in [0.5, 0.6) is 0 Å². The van der Waals surface area contributed by atoms with Crippen molar-refractivity contribution in [3.63, 3.8) is 0 Å². The predicted molar refractivity (Wildman–Crippen MR) is 158 cm³/mol. The second-order valence-electron chi connectivity index (χ2n) is 10.7. The summed E-state index contributed by atoms with van der Waals surface area (Å²) in [6.07, 6.45) is 1.67. The molecule has 0 fully saturated rings. The molecule has 0 saturated carbocycles. The second kappa shape index (κ2) is 14.5. The van der Waals surface area contributed by atoms with Crippen LogP contribution in [0.2, 0.25) is 0 Å². The zero-order valence-electron chi connectivity index (χ0n) is 23.7. The third kappa shape index (κ3) is 8.17. The van der Waals surface area contributed by atoms with Crippen molar-refractivity contribution in [2.75, 3.05) is 20.2 Å². The number of aliphatic carboxylic acids is 1. The van der Waals surface area contributed by atoms with Crippen LogP contribution < -0.4 is 10.6 Å². The molecule has 1 aliphatic carbocycles. The zero-order valence-corrected chi connectivity index (χ0v) is 23.7. The minimum atomic E-state index is -1.10. The molecule has 3 aromatic carbocycles. The summed E-state index contributed by atoms with van der Waals surface area (Å²) in [6.45, 7) is 2.92. The van der Waals surface area contributed by atoms with Crippen molar-refractivity contribution < 1.29 is 24.2 Å². The van der Waals surface area contributed by atoms with Crippen LogP contribution >= 0.6 is 0 Å². The number of hydrogen-bond acceptors (Lipinski definition) is 5. The molecule has 2 unspecified atom stereocenters. The highest BCUT2D eigenvalue weighted by Crippen LogP contribution is 2.44. The van der Waals surface area contributed by atoms with Crippen molar-refractivity contribution in [3.05, 3.63) is 95.6 Å². The molecule has 2 amide bonds. The van der Waals surface area contributed by atoms with Gasteiger partial charge in [0.25, 0.3) is 0 Å². The molecule has 0 bridgehead atoms. The minimum absolute atomic E-state index is 0.0314. The highest BCUT2D eigenvalue weighted by molar-refractivity contribution is 5.84. The Labute approximate surface area is 241 Å². The molecule has 8 nitrogen and oxygen atoms in total. The normalized spacial score (nSPS) is 13.6. The molecule has 3 N–H and O–H groups in total. The number of carbonyl (C=O) groups excluding carboxylic acids is 2. The lowest BCUT2D eigenvalue weighted by Crippen LogP contribution is -2.49. The van der Waals surface area contributed by atoms with Gasteiger partial charge < -0.3 is 20.5 Å². The van der Waals surface area contributed by atoms with E-state index in [1.54, 1.807) is 0 Å². The molecule has 0 saturated heterocycles. The van der Waals surface area contributed by atoms with Gasteiger partial charge in [0.1, 0.15) is 12.6 Å². The number of unbranched alkanes of at least 4 members (excludes halogenated alkanes) is 1. The van der Waals surface area contributed by atoms with Crippen molar-refractivity contribution in [3.8, 4) is 11.1 Å². The van der Waals surface area contributed by atoms with Gasteiger partial charge in [-0.1, -0.05) is 98.6 Å². The van der Waals surface area contributed by atoms with Gasteiger partial charge in [0.2, 0.25) is 5.91 Å². The van der Waals surface area contributed by atoms with E-state index in [0.717, 1.165) is 40.7 Å². The van der Waals surface area contributed by atoms with Gasteiger partial charge in [0.15, 0.2) is 0 Å². The first-order chi connectivity index (χ1) is 19.9. The summed E-state index contributed by atoms with van der Waals surface area (Å²) >= 11 is 0. The molecular formula is C33H39N3O5. The fourth-order valence-electron chi connectivity index (χ4n) is 5.42. The van der Waals surface area contributed by atoms with E-state index in [2.05, 4.69) is 34.9 Å². The van der Waals surface area contributed by atoms with Crippen molar-refractivity contribution in [1.82, 2.24) is 15.5 Å². The van der Waals surface area contributed by atoms with Crippen LogP contribution in [-0.2, 0) is 20.9 Å². The number of nitrogens with one attached hydrogen (secondary N) is 2. The Balaban J connectivity index is 1.32. The number of rotatable bonds is 14. The summed E-state index contributed by atoms with van der Waals surface area (Å²) in [4.78, 5) is 39.5. The molecule has 4 rings (SSSR count). The van der Waals surface area contributed by atoms with E-state index in [4.69, 9.17) is 4.74 Å². The van der Waals surface area contributed by atoms with Gasteiger partial charge in [-0.25, -0.2) is 9.59 Å². The standard InChI is InChI=1S/C33H39N3O5/c1-3-4-14-24(19-31(37)35-30(32(38)39)21-36(2)20-23-12-6-5-7-13-23)34-33(40)41-22-29-27-17-10-8-15-25(27)26-16-9-11-18-28(26)29/h5-13,15-18,24,29-30H,3-4,14,19-22H2,1-2H3,(H,34,40)(H,35,37)(H,38,39). The maximum absolute atomic E-state index is 12.9. The third-order valence-corrected chi connectivity index (χ3v) is 7.43. The van der Waals surface area contributed by atoms with Gasteiger partial charge in [0.05, 0.1) is 0 Å². The summed E-state index contributed by atoms with van der Waals surface area (Å²) in [6, 6.07) is 24.5. The van der Waals surface area contributed by atoms with Crippen molar-refractivity contribution >= 4 is 18.0 Å². The molecule has 3 aromatic rings. The first-order valence-electron chi connectivity index (χ1n) is 14.2. The number of alkyl carbamates (subject to hydrolysis) is 1. The smallest absolute Gasteiger partial charge is 0.407 e. The predicted octanol–water partition coefficient (Wildman–Crippen LogP) is 5.18. The SMILES string of the molecule is CCCCC(CC(=O)NC(CN(C)Cc1ccccc1)C(=O)O)NC(=O)OCC1c2ccccc2-c2ccccc21. The lowest BCUT2D eigenvalue weighted by atomic mass is 9.98. The highest BCUT2D eigenvalue weighted by Gasteiger charge is 2.30. The lowest BCUT2D eigenvalue weighted by molar-refractivity contribution is -0.142. The summed E-state index contributed by atoms with van der Waals surface area (Å²) in [7, 11) is 1.82. The fourth-order valence-corrected chi connectivity index (χ4v) is 5.42. The molecular weight excluding hydrogens is 518 g/mol. The summed E-state index contributed by atoms with van der Waals surface area (Å²) in [5, 5.41) is 15.2. The summed E-state index contributed by atoms with van der Waals surface area (Å²) in [5.74, 6) is -1.59. The first-order valence-corrected chi connectivity index (χ1v) is 14.2. The van der Waals surface area contributed by atoms with Crippen molar-refractivity contribution in [2.24, 2.45) is 0 Å². The second-order valence-corrected chi connectivity index (χ2v) is 10.7. The minimum Gasteiger partial charge on any atom is -0.480 e. The number of amides is 2. The van der Waals surface area contributed by atoms with E-state index < -0.39 is 30.1 Å². The van der Waals surface area contributed by atoms with E-state index in [1.165, 1.54) is 0 Å². The number of carboxylic acids is 1. The number of hydrogen-bond donors (Lipinski definition) is 3. The average Bonchev–Trinajstić information content (AvgIpc) is 3.28. The molecule has 216 valence electrons. The van der Waals surface area contributed by atoms with Gasteiger partial charge >= 0.3 is 12.1 Å². The number of likely N-dealkylation sites (N-methyl/N-ethyl adjacent to an activating group) is 1. The number of carbonyl (C=O) groups is 3. The Bertz CT molecular complexity index is 1280. The van der Waals surface area contributed by atoms with E-state index in [1.807, 2.05) is 73.5 Å². The molecule has 41 heavy (non-hydrogen) atoms. The van der Waals surface area contributed by atoms with Gasteiger partial charge in [-0.05, 0) is 41.3 Å². The Morgan fingerprint density at radius 1 is 0.902 bits per heavy atom. The summed E-state index contributed by atoms with van der Waals surface area (Å²) in [5.41, 5.74) is 5.60. The highest BCUT2D eigenvalue weighted by atomic mass is 16.5. The van der Waals surface area contributed by atoms with E-state index in [9.17, 15) is 19.5 Å². The Hall–Kier alpha value is -4.17. The monoisotopic (exact) mass is 557 g/mol. The van der Waals surface area contributed by atoms with Gasteiger partial charge in [-0.15, -0.1) is 0 Å². The molecule has 0 aromatic heterocycles. The van der Waals surface area contributed by atoms with E-state index in [-0.39, 0.29) is 25.5 Å². The number of ether oxygens (including phenoxy) is 1. The summed E-state index contributed by atoms with van der Waals surface area (Å²) < 4.78 is 5.68. The largest absolute Gasteiger partial charge is 0.480 e. The molecule has 0 aliphatic heterocycles. The van der Waals surface area contributed by atoms with Crippen LogP contribution in [0.3, 0.4) is 0 Å². The number of nitrogens with zero attached hydrogens (tertiary/aromatic N) is 1. The van der Waals surface area contributed by atoms with Gasteiger partial charge in [0, 0.05) is 31.5 Å². The Morgan fingerprint density at radius 2 is 1.51 bits per heavy atom. The molecule has 1 aliphatic rings. The number of carboxylic acid groups (broad SMARTS) is 1. The average molecular weight is 558 g/mol. The molecule has 0 heterocycles. The molecule has 0 spiro atoms. The van der Waals surface area contributed by atoms with Crippen LogP contribution in [-0.4, -0.2) is 60.3 Å². The fraction of sp³-hybridized carbons (Fsp3) is 0.364. The maximum Gasteiger partial charge on any atom is 0.407 e.